The Balaban J connectivity index is 1.58. The highest BCUT2D eigenvalue weighted by Crippen LogP contribution is 2.24. The van der Waals surface area contributed by atoms with Gasteiger partial charge in [0.1, 0.15) is 17.2 Å². The van der Waals surface area contributed by atoms with Crippen LogP contribution in [0.25, 0.3) is 17.1 Å². The van der Waals surface area contributed by atoms with Crippen LogP contribution in [0.4, 0.5) is 13.2 Å². The Morgan fingerprint density at radius 3 is 2.31 bits per heavy atom. The van der Waals surface area contributed by atoms with E-state index >= 15 is 0 Å². The van der Waals surface area contributed by atoms with Gasteiger partial charge in [-0.1, -0.05) is 30.8 Å². The Morgan fingerprint density at radius 2 is 1.67 bits per heavy atom. The molecule has 0 aliphatic heterocycles. The molecule has 7 nitrogen and oxygen atoms in total. The van der Waals surface area contributed by atoms with Crippen LogP contribution in [-0.4, -0.2) is 45.0 Å². The highest BCUT2D eigenvalue weighted by atomic mass is 32.2. The molecule has 0 unspecified atom stereocenters. The van der Waals surface area contributed by atoms with Crippen LogP contribution in [0.5, 0.6) is 11.5 Å². The lowest BCUT2D eigenvalue weighted by Crippen LogP contribution is -2.21. The van der Waals surface area contributed by atoms with Gasteiger partial charge in [-0.25, -0.2) is 4.98 Å². The van der Waals surface area contributed by atoms with Crippen molar-refractivity contribution in [3.05, 3.63) is 82.8 Å². The number of nitrogens with zero attached hydrogens (tertiary/aromatic N) is 4. The molecule has 2 aromatic heterocycles. The number of methoxy groups -OCH3 is 1. The van der Waals surface area contributed by atoms with Gasteiger partial charge in [0.2, 0.25) is 0 Å². The zero-order valence-corrected chi connectivity index (χ0v) is 20.3. The van der Waals surface area contributed by atoms with Gasteiger partial charge in [-0.15, -0.1) is 0 Å². The smallest absolute Gasteiger partial charge is 0.422 e. The molecule has 11 heteroatoms. The van der Waals surface area contributed by atoms with Gasteiger partial charge < -0.3 is 9.47 Å². The first kappa shape index (κ1) is 25.4. The Labute approximate surface area is 209 Å². The van der Waals surface area contributed by atoms with Gasteiger partial charge >= 0.3 is 6.18 Å². The Hall–Kier alpha value is -3.73. The predicted molar refractivity (Wildman–Crippen MR) is 131 cm³/mol. The summed E-state index contributed by atoms with van der Waals surface area (Å²) >= 11 is 1.38. The minimum Gasteiger partial charge on any atom is -0.497 e. The first-order valence-electron chi connectivity index (χ1n) is 11.0. The monoisotopic (exact) mass is 516 g/mol. The van der Waals surface area contributed by atoms with Crippen LogP contribution in [0.15, 0.2) is 76.8 Å². The number of rotatable bonds is 9. The van der Waals surface area contributed by atoms with E-state index in [1.807, 2.05) is 37.4 Å². The Kier molecular flexibility index (Phi) is 7.68. The normalized spacial score (nSPS) is 11.5. The van der Waals surface area contributed by atoms with Crippen molar-refractivity contribution in [2.75, 3.05) is 19.5 Å². The number of alkyl halides is 3. The van der Waals surface area contributed by atoms with Gasteiger partial charge in [-0.05, 0) is 53.8 Å². The summed E-state index contributed by atoms with van der Waals surface area (Å²) in [6, 6.07) is 16.7. The van der Waals surface area contributed by atoms with Crippen LogP contribution >= 0.6 is 11.8 Å². The van der Waals surface area contributed by atoms with Crippen LogP contribution in [0.3, 0.4) is 0 Å². The average molecular weight is 517 g/mol. The molecule has 0 atom stereocenters. The number of halogens is 3. The van der Waals surface area contributed by atoms with Crippen molar-refractivity contribution in [1.29, 1.82) is 0 Å². The van der Waals surface area contributed by atoms with Crippen molar-refractivity contribution >= 4 is 11.8 Å². The van der Waals surface area contributed by atoms with E-state index in [0.29, 0.717) is 34.5 Å². The fourth-order valence-electron chi connectivity index (χ4n) is 3.42. The molecular formula is C25H23F3N4O3S. The van der Waals surface area contributed by atoms with Crippen LogP contribution in [0.2, 0.25) is 0 Å². The Morgan fingerprint density at radius 1 is 0.972 bits per heavy atom. The number of ether oxygens (including phenoxy) is 2. The summed E-state index contributed by atoms with van der Waals surface area (Å²) in [5.74, 6) is 1.49. The zero-order valence-electron chi connectivity index (χ0n) is 19.5. The van der Waals surface area contributed by atoms with Gasteiger partial charge in [0, 0.05) is 12.3 Å². The SMILES string of the molecule is CCSc1nc(-c2ccn(Cc3ccc(OC)cc3)n2)cc(=O)n1-c1ccc(OCC(F)(F)F)cc1. The van der Waals surface area contributed by atoms with Gasteiger partial charge in [0.05, 0.1) is 25.0 Å². The summed E-state index contributed by atoms with van der Waals surface area (Å²) < 4.78 is 50.3. The van der Waals surface area contributed by atoms with Crippen molar-refractivity contribution < 1.29 is 22.6 Å². The quantitative estimate of drug-likeness (QED) is 0.225. The molecule has 0 aliphatic rings. The molecule has 0 radical (unpaired) electrons. The third-order valence-electron chi connectivity index (χ3n) is 5.07. The van der Waals surface area contributed by atoms with Gasteiger partial charge in [0.25, 0.3) is 5.56 Å². The molecule has 4 rings (SSSR count). The second kappa shape index (κ2) is 10.9. The fraction of sp³-hybridized carbons (Fsp3) is 0.240. The molecule has 0 N–H and O–H groups in total. The predicted octanol–water partition coefficient (Wildman–Crippen LogP) is 5.21. The van der Waals surface area contributed by atoms with Crippen molar-refractivity contribution in [2.45, 2.75) is 24.8 Å². The van der Waals surface area contributed by atoms with E-state index in [1.54, 1.807) is 17.9 Å². The maximum Gasteiger partial charge on any atom is 0.422 e. The van der Waals surface area contributed by atoms with Gasteiger partial charge in [-0.3, -0.25) is 14.0 Å². The largest absolute Gasteiger partial charge is 0.497 e. The second-order valence-corrected chi connectivity index (χ2v) is 8.91. The number of hydrogen-bond acceptors (Lipinski definition) is 6. The number of hydrogen-bond donors (Lipinski definition) is 0. The molecule has 0 bridgehead atoms. The minimum absolute atomic E-state index is 0.0563. The van der Waals surface area contributed by atoms with Crippen molar-refractivity contribution in [3.8, 4) is 28.6 Å². The van der Waals surface area contributed by atoms with Crippen LogP contribution < -0.4 is 15.0 Å². The molecule has 0 saturated carbocycles. The molecule has 0 spiro atoms. The van der Waals surface area contributed by atoms with Crippen LogP contribution in [-0.2, 0) is 6.54 Å². The van der Waals surface area contributed by atoms with Crippen molar-refractivity contribution in [3.63, 3.8) is 0 Å². The van der Waals surface area contributed by atoms with Crippen molar-refractivity contribution in [2.24, 2.45) is 0 Å². The third-order valence-corrected chi connectivity index (χ3v) is 5.89. The number of aromatic nitrogens is 4. The van der Waals surface area contributed by atoms with Crippen LogP contribution in [0, 0.1) is 0 Å². The third kappa shape index (κ3) is 6.28. The lowest BCUT2D eigenvalue weighted by Gasteiger charge is -2.13. The van der Waals surface area contributed by atoms with E-state index in [4.69, 9.17) is 9.47 Å². The fourth-order valence-corrected chi connectivity index (χ4v) is 4.16. The summed E-state index contributed by atoms with van der Waals surface area (Å²) in [6.45, 7) is 1.09. The van der Waals surface area contributed by atoms with Crippen LogP contribution in [0.1, 0.15) is 12.5 Å². The molecule has 2 heterocycles. The number of benzene rings is 2. The van der Waals surface area contributed by atoms with Crippen molar-refractivity contribution in [1.82, 2.24) is 19.3 Å². The molecule has 0 aliphatic carbocycles. The molecule has 0 amide bonds. The summed E-state index contributed by atoms with van der Waals surface area (Å²) in [5.41, 5.74) is 2.18. The number of thioether (sulfide) groups is 1. The molecule has 36 heavy (non-hydrogen) atoms. The van der Waals surface area contributed by atoms with E-state index in [2.05, 4.69) is 10.1 Å². The van der Waals surface area contributed by atoms with E-state index in [1.165, 1.54) is 46.7 Å². The summed E-state index contributed by atoms with van der Waals surface area (Å²) in [7, 11) is 1.61. The molecule has 0 fully saturated rings. The van der Waals surface area contributed by atoms with E-state index in [9.17, 15) is 18.0 Å². The van der Waals surface area contributed by atoms with Gasteiger partial charge in [0.15, 0.2) is 11.8 Å². The average Bonchev–Trinajstić information content (AvgIpc) is 3.32. The van der Waals surface area contributed by atoms with E-state index < -0.39 is 12.8 Å². The standard InChI is InChI=1S/C25H23F3N4O3S/c1-3-36-24-29-22(21-12-13-31(30-21)15-17-4-8-19(34-2)9-5-17)14-23(33)32(24)18-6-10-20(11-7-18)35-16-25(26,27)28/h4-14H,3,15-16H2,1-2H3. The molecule has 4 aromatic rings. The first-order valence-corrected chi connectivity index (χ1v) is 12.0. The minimum atomic E-state index is -4.43. The lowest BCUT2D eigenvalue weighted by molar-refractivity contribution is -0.153. The molecule has 2 aromatic carbocycles. The Bertz CT molecular complexity index is 1370. The topological polar surface area (TPSA) is 71.2 Å². The van der Waals surface area contributed by atoms with E-state index in [-0.39, 0.29) is 11.3 Å². The first-order chi connectivity index (χ1) is 17.3. The summed E-state index contributed by atoms with van der Waals surface area (Å²) in [4.78, 5) is 17.8. The summed E-state index contributed by atoms with van der Waals surface area (Å²) in [6.07, 6.45) is -2.61. The zero-order chi connectivity index (χ0) is 25.7. The second-order valence-electron chi connectivity index (χ2n) is 7.68. The maximum absolute atomic E-state index is 13.1. The maximum atomic E-state index is 13.1. The molecular weight excluding hydrogens is 493 g/mol. The molecule has 0 saturated heterocycles. The highest BCUT2D eigenvalue weighted by molar-refractivity contribution is 7.99. The summed E-state index contributed by atoms with van der Waals surface area (Å²) in [5, 5.41) is 5.02. The van der Waals surface area contributed by atoms with Gasteiger partial charge in [-0.2, -0.15) is 18.3 Å². The molecule has 188 valence electrons. The lowest BCUT2D eigenvalue weighted by atomic mass is 10.2. The highest BCUT2D eigenvalue weighted by Gasteiger charge is 2.28. The van der Waals surface area contributed by atoms with E-state index in [0.717, 1.165) is 11.3 Å².